The number of halogens is 2. The molecule has 138 valence electrons. The van der Waals surface area contributed by atoms with Gasteiger partial charge < -0.3 is 14.8 Å². The molecule has 1 fully saturated rings. The maximum absolute atomic E-state index is 13.5. The third-order valence-electron chi connectivity index (χ3n) is 4.06. The van der Waals surface area contributed by atoms with Crippen LogP contribution in [0.3, 0.4) is 0 Å². The van der Waals surface area contributed by atoms with Gasteiger partial charge in [-0.2, -0.15) is 0 Å². The molecule has 0 radical (unpaired) electrons. The standard InChI is InChI=1S/C20H21F2NO3/c1-13(11-26-19-9-6-16(21)10-18(19)22)23-20(24)15-4-7-17(8-5-15)25-12-14-2-3-14/h4-10,13-14H,2-3,11-12H2,1H3,(H,23,24). The Kier molecular flexibility index (Phi) is 5.71. The summed E-state index contributed by atoms with van der Waals surface area (Å²) in [5.74, 6) is -0.327. The predicted octanol–water partition coefficient (Wildman–Crippen LogP) is 3.95. The molecule has 0 saturated heterocycles. The number of amides is 1. The highest BCUT2D eigenvalue weighted by atomic mass is 19.1. The zero-order chi connectivity index (χ0) is 18.5. The molecule has 1 aliphatic carbocycles. The Bertz CT molecular complexity index is 760. The fourth-order valence-corrected chi connectivity index (χ4v) is 2.36. The van der Waals surface area contributed by atoms with Crippen LogP contribution in [0.4, 0.5) is 8.78 Å². The minimum absolute atomic E-state index is 0.0512. The average molecular weight is 361 g/mol. The molecule has 1 aliphatic rings. The summed E-state index contributed by atoms with van der Waals surface area (Å²) in [7, 11) is 0. The Morgan fingerprint density at radius 1 is 1.15 bits per heavy atom. The van der Waals surface area contributed by atoms with Crippen LogP contribution >= 0.6 is 0 Å². The third-order valence-corrected chi connectivity index (χ3v) is 4.06. The van der Waals surface area contributed by atoms with Crippen LogP contribution in [0.5, 0.6) is 11.5 Å². The van der Waals surface area contributed by atoms with Gasteiger partial charge in [-0.3, -0.25) is 4.79 Å². The van der Waals surface area contributed by atoms with Crippen LogP contribution in [-0.2, 0) is 0 Å². The quantitative estimate of drug-likeness (QED) is 0.774. The summed E-state index contributed by atoms with van der Waals surface area (Å²) in [6, 6.07) is 9.69. The van der Waals surface area contributed by atoms with E-state index in [1.54, 1.807) is 31.2 Å². The first-order valence-electron chi connectivity index (χ1n) is 8.63. The molecule has 6 heteroatoms. The van der Waals surface area contributed by atoms with Crippen molar-refractivity contribution in [1.82, 2.24) is 5.32 Å². The van der Waals surface area contributed by atoms with Crippen molar-refractivity contribution in [2.45, 2.75) is 25.8 Å². The highest BCUT2D eigenvalue weighted by Crippen LogP contribution is 2.29. The van der Waals surface area contributed by atoms with E-state index in [0.717, 1.165) is 24.5 Å². The van der Waals surface area contributed by atoms with E-state index in [9.17, 15) is 13.6 Å². The number of carbonyl (C=O) groups excluding carboxylic acids is 1. The van der Waals surface area contributed by atoms with Gasteiger partial charge in [0.2, 0.25) is 0 Å². The number of ether oxygens (including phenoxy) is 2. The molecule has 0 aliphatic heterocycles. The van der Waals surface area contributed by atoms with Crippen molar-refractivity contribution >= 4 is 5.91 Å². The zero-order valence-corrected chi connectivity index (χ0v) is 14.5. The fraction of sp³-hybridized carbons (Fsp3) is 0.350. The van der Waals surface area contributed by atoms with Crippen LogP contribution in [0, 0.1) is 17.6 Å². The van der Waals surface area contributed by atoms with Crippen LogP contribution < -0.4 is 14.8 Å². The Labute approximate surface area is 151 Å². The molecule has 1 N–H and O–H groups in total. The van der Waals surface area contributed by atoms with Crippen molar-refractivity contribution in [3.05, 3.63) is 59.7 Å². The van der Waals surface area contributed by atoms with Gasteiger partial charge in [-0.05, 0) is 62.1 Å². The number of benzene rings is 2. The largest absolute Gasteiger partial charge is 0.493 e. The molecular weight excluding hydrogens is 340 g/mol. The average Bonchev–Trinajstić information content (AvgIpc) is 3.44. The van der Waals surface area contributed by atoms with Crippen molar-refractivity contribution < 1.29 is 23.0 Å². The number of carbonyl (C=O) groups is 1. The van der Waals surface area contributed by atoms with Crippen molar-refractivity contribution in [3.8, 4) is 11.5 Å². The second kappa shape index (κ2) is 8.17. The topological polar surface area (TPSA) is 47.6 Å². The minimum atomic E-state index is -0.773. The van der Waals surface area contributed by atoms with Crippen LogP contribution in [0.1, 0.15) is 30.1 Å². The molecule has 2 aromatic rings. The molecule has 26 heavy (non-hydrogen) atoms. The van der Waals surface area contributed by atoms with Gasteiger partial charge in [-0.15, -0.1) is 0 Å². The second-order valence-corrected chi connectivity index (χ2v) is 6.54. The Morgan fingerprint density at radius 3 is 2.54 bits per heavy atom. The van der Waals surface area contributed by atoms with Crippen LogP contribution in [0.2, 0.25) is 0 Å². The maximum Gasteiger partial charge on any atom is 0.251 e. The van der Waals surface area contributed by atoms with E-state index in [2.05, 4.69) is 5.32 Å². The fourth-order valence-electron chi connectivity index (χ4n) is 2.36. The molecule has 3 rings (SSSR count). The van der Waals surface area contributed by atoms with Crippen LogP contribution in [0.15, 0.2) is 42.5 Å². The van der Waals surface area contributed by atoms with Gasteiger partial charge >= 0.3 is 0 Å². The van der Waals surface area contributed by atoms with E-state index in [1.807, 2.05) is 0 Å². The van der Waals surface area contributed by atoms with Gasteiger partial charge in [0.15, 0.2) is 11.6 Å². The number of hydrogen-bond donors (Lipinski definition) is 1. The summed E-state index contributed by atoms with van der Waals surface area (Å²) in [6.45, 7) is 2.53. The van der Waals surface area contributed by atoms with E-state index in [0.29, 0.717) is 11.5 Å². The van der Waals surface area contributed by atoms with E-state index >= 15 is 0 Å². The summed E-state index contributed by atoms with van der Waals surface area (Å²) >= 11 is 0. The monoisotopic (exact) mass is 361 g/mol. The Hall–Kier alpha value is -2.63. The highest BCUT2D eigenvalue weighted by Gasteiger charge is 2.21. The lowest BCUT2D eigenvalue weighted by Gasteiger charge is -2.15. The normalized spacial score (nSPS) is 14.6. The molecular formula is C20H21F2NO3. The van der Waals surface area contributed by atoms with E-state index in [-0.39, 0.29) is 24.3 Å². The SMILES string of the molecule is CC(COc1ccc(F)cc1F)NC(=O)c1ccc(OCC2CC2)cc1. The van der Waals surface area contributed by atoms with Crippen LogP contribution in [0.25, 0.3) is 0 Å². The Balaban J connectivity index is 1.46. The maximum atomic E-state index is 13.5. The molecule has 0 bridgehead atoms. The number of rotatable bonds is 8. The van der Waals surface area contributed by atoms with Gasteiger partial charge in [0, 0.05) is 11.6 Å². The number of hydrogen-bond acceptors (Lipinski definition) is 3. The van der Waals surface area contributed by atoms with E-state index in [4.69, 9.17) is 9.47 Å². The van der Waals surface area contributed by atoms with E-state index < -0.39 is 11.6 Å². The summed E-state index contributed by atoms with van der Waals surface area (Å²) in [4.78, 5) is 12.2. The van der Waals surface area contributed by atoms with Crippen molar-refractivity contribution in [2.24, 2.45) is 5.92 Å². The highest BCUT2D eigenvalue weighted by molar-refractivity contribution is 5.94. The zero-order valence-electron chi connectivity index (χ0n) is 14.5. The molecule has 2 aromatic carbocycles. The molecule has 4 nitrogen and oxygen atoms in total. The van der Waals surface area contributed by atoms with Crippen LogP contribution in [-0.4, -0.2) is 25.2 Å². The summed E-state index contributed by atoms with van der Waals surface area (Å²) in [6.07, 6.45) is 2.45. The lowest BCUT2D eigenvalue weighted by Crippen LogP contribution is -2.36. The smallest absolute Gasteiger partial charge is 0.251 e. The van der Waals surface area contributed by atoms with E-state index in [1.165, 1.54) is 18.9 Å². The summed E-state index contributed by atoms with van der Waals surface area (Å²) < 4.78 is 37.3. The van der Waals surface area contributed by atoms with Gasteiger partial charge in [0.1, 0.15) is 18.2 Å². The molecule has 1 amide bonds. The van der Waals surface area contributed by atoms with Crippen molar-refractivity contribution in [1.29, 1.82) is 0 Å². The Morgan fingerprint density at radius 2 is 1.88 bits per heavy atom. The number of nitrogens with one attached hydrogen (secondary N) is 1. The first-order chi connectivity index (χ1) is 12.5. The second-order valence-electron chi connectivity index (χ2n) is 6.54. The molecule has 0 spiro atoms. The summed E-state index contributed by atoms with van der Waals surface area (Å²) in [5, 5.41) is 2.78. The van der Waals surface area contributed by atoms with Crippen molar-refractivity contribution in [3.63, 3.8) is 0 Å². The van der Waals surface area contributed by atoms with Crippen molar-refractivity contribution in [2.75, 3.05) is 13.2 Å². The van der Waals surface area contributed by atoms with Gasteiger partial charge in [0.05, 0.1) is 12.6 Å². The molecule has 0 aromatic heterocycles. The lowest BCUT2D eigenvalue weighted by molar-refractivity contribution is 0.0926. The lowest BCUT2D eigenvalue weighted by atomic mass is 10.2. The predicted molar refractivity (Wildman–Crippen MR) is 93.4 cm³/mol. The first-order valence-corrected chi connectivity index (χ1v) is 8.63. The van der Waals surface area contributed by atoms with Gasteiger partial charge in [-0.25, -0.2) is 8.78 Å². The molecule has 1 saturated carbocycles. The van der Waals surface area contributed by atoms with Gasteiger partial charge in [-0.1, -0.05) is 0 Å². The molecule has 1 unspecified atom stereocenters. The minimum Gasteiger partial charge on any atom is -0.493 e. The third kappa shape index (κ3) is 5.18. The molecule has 1 atom stereocenters. The molecule has 0 heterocycles. The first kappa shape index (κ1) is 18.2. The summed E-state index contributed by atoms with van der Waals surface area (Å²) in [5.41, 5.74) is 0.503. The van der Waals surface area contributed by atoms with Gasteiger partial charge in [0.25, 0.3) is 5.91 Å².